The van der Waals surface area contributed by atoms with Gasteiger partial charge in [0.1, 0.15) is 5.69 Å². The number of carbonyl (C=O) groups excluding carboxylic acids is 1. The number of halogens is 1. The summed E-state index contributed by atoms with van der Waals surface area (Å²) in [6.07, 6.45) is 6.94. The van der Waals surface area contributed by atoms with Gasteiger partial charge in [0, 0.05) is 12.2 Å². The highest BCUT2D eigenvalue weighted by Crippen LogP contribution is 2.18. The van der Waals surface area contributed by atoms with Crippen molar-refractivity contribution in [3.8, 4) is 12.3 Å². The maximum atomic E-state index is 11.9. The van der Waals surface area contributed by atoms with Crippen molar-refractivity contribution < 1.29 is 4.79 Å². The fraction of sp³-hybridized carbons (Fsp3) is 0.417. The maximum absolute atomic E-state index is 11.9. The largest absolute Gasteiger partial charge is 0.339 e. The molecule has 0 aliphatic rings. The molecule has 0 aromatic carbocycles. The predicted octanol–water partition coefficient (Wildman–Crippen LogP) is 2.47. The average Bonchev–Trinajstić information content (AvgIpc) is 2.60. The number of terminal acetylenes is 1. The lowest BCUT2D eigenvalue weighted by Crippen LogP contribution is -2.33. The smallest absolute Gasteiger partial charge is 0.268 e. The zero-order valence-electron chi connectivity index (χ0n) is 9.62. The molecule has 86 valence electrons. The van der Waals surface area contributed by atoms with Crippen molar-refractivity contribution in [3.63, 3.8) is 0 Å². The van der Waals surface area contributed by atoms with Crippen molar-refractivity contribution in [2.24, 2.45) is 0 Å². The standard InChI is InChI=1S/C12H15ClN2O/c1-5-9(4)14-12(16)11-6-10(13)7-15(11)8(2)3/h1,6-9H,2-4H3,(H,14,16). The Bertz CT molecular complexity index is 429. The molecule has 1 rings (SSSR count). The maximum Gasteiger partial charge on any atom is 0.268 e. The molecule has 4 heteroatoms. The van der Waals surface area contributed by atoms with E-state index in [1.807, 2.05) is 18.4 Å². The molecule has 0 bridgehead atoms. The van der Waals surface area contributed by atoms with Gasteiger partial charge in [-0.1, -0.05) is 17.5 Å². The van der Waals surface area contributed by atoms with E-state index in [0.717, 1.165) is 0 Å². The molecular weight excluding hydrogens is 224 g/mol. The van der Waals surface area contributed by atoms with Crippen molar-refractivity contribution in [2.75, 3.05) is 0 Å². The Morgan fingerprint density at radius 1 is 1.56 bits per heavy atom. The molecule has 16 heavy (non-hydrogen) atoms. The molecule has 1 amide bonds. The number of nitrogens with one attached hydrogen (secondary N) is 1. The summed E-state index contributed by atoms with van der Waals surface area (Å²) in [4.78, 5) is 11.9. The zero-order chi connectivity index (χ0) is 12.3. The molecule has 0 aliphatic heterocycles. The van der Waals surface area contributed by atoms with E-state index in [1.165, 1.54) is 0 Å². The van der Waals surface area contributed by atoms with Gasteiger partial charge in [-0.2, -0.15) is 0 Å². The third kappa shape index (κ3) is 2.80. The fourth-order valence-electron chi connectivity index (χ4n) is 1.37. The van der Waals surface area contributed by atoms with E-state index in [2.05, 4.69) is 11.2 Å². The van der Waals surface area contributed by atoms with Gasteiger partial charge in [0.2, 0.25) is 0 Å². The first-order chi connectivity index (χ1) is 7.45. The minimum absolute atomic E-state index is 0.175. The molecule has 0 radical (unpaired) electrons. The number of aromatic nitrogens is 1. The van der Waals surface area contributed by atoms with Crippen LogP contribution in [0.25, 0.3) is 0 Å². The van der Waals surface area contributed by atoms with Gasteiger partial charge in [0.15, 0.2) is 0 Å². The van der Waals surface area contributed by atoms with Gasteiger partial charge in [0.05, 0.1) is 11.1 Å². The fourth-order valence-corrected chi connectivity index (χ4v) is 1.58. The second-order valence-corrected chi connectivity index (χ2v) is 4.34. The number of hydrogen-bond acceptors (Lipinski definition) is 1. The van der Waals surface area contributed by atoms with Gasteiger partial charge < -0.3 is 9.88 Å². The Hall–Kier alpha value is -1.40. The van der Waals surface area contributed by atoms with E-state index in [9.17, 15) is 4.79 Å². The quantitative estimate of drug-likeness (QED) is 0.807. The van der Waals surface area contributed by atoms with Crippen LogP contribution in [0.15, 0.2) is 12.3 Å². The summed E-state index contributed by atoms with van der Waals surface area (Å²) >= 11 is 5.88. The first-order valence-corrected chi connectivity index (χ1v) is 5.48. The molecule has 1 atom stereocenters. The summed E-state index contributed by atoms with van der Waals surface area (Å²) in [5.41, 5.74) is 0.530. The number of nitrogens with zero attached hydrogens (tertiary/aromatic N) is 1. The van der Waals surface area contributed by atoms with E-state index in [1.54, 1.807) is 19.2 Å². The van der Waals surface area contributed by atoms with Gasteiger partial charge >= 0.3 is 0 Å². The molecule has 0 aliphatic carbocycles. The van der Waals surface area contributed by atoms with E-state index in [-0.39, 0.29) is 18.0 Å². The average molecular weight is 239 g/mol. The van der Waals surface area contributed by atoms with Crippen molar-refractivity contribution >= 4 is 17.5 Å². The molecule has 1 aromatic heterocycles. The van der Waals surface area contributed by atoms with Crippen molar-refractivity contribution in [1.82, 2.24) is 9.88 Å². The van der Waals surface area contributed by atoms with Crippen LogP contribution in [0.5, 0.6) is 0 Å². The first-order valence-electron chi connectivity index (χ1n) is 5.10. The normalized spacial score (nSPS) is 12.2. The summed E-state index contributed by atoms with van der Waals surface area (Å²) in [5.74, 6) is 2.24. The SMILES string of the molecule is C#CC(C)NC(=O)c1cc(Cl)cn1C(C)C. The molecule has 3 nitrogen and oxygen atoms in total. The molecule has 1 N–H and O–H groups in total. The highest BCUT2D eigenvalue weighted by Gasteiger charge is 2.15. The summed E-state index contributed by atoms with van der Waals surface area (Å²) in [5, 5.41) is 3.25. The predicted molar refractivity (Wildman–Crippen MR) is 65.6 cm³/mol. The van der Waals surface area contributed by atoms with Crippen LogP contribution in [-0.2, 0) is 0 Å². The van der Waals surface area contributed by atoms with Gasteiger partial charge in [0.25, 0.3) is 5.91 Å². The van der Waals surface area contributed by atoms with Crippen LogP contribution in [0.1, 0.15) is 37.3 Å². The van der Waals surface area contributed by atoms with Crippen LogP contribution in [0.3, 0.4) is 0 Å². The minimum Gasteiger partial charge on any atom is -0.339 e. The van der Waals surface area contributed by atoms with E-state index >= 15 is 0 Å². The summed E-state index contributed by atoms with van der Waals surface area (Å²) in [7, 11) is 0. The minimum atomic E-state index is -0.290. The van der Waals surface area contributed by atoms with E-state index in [4.69, 9.17) is 18.0 Å². The summed E-state index contributed by atoms with van der Waals surface area (Å²) in [6.45, 7) is 5.72. The van der Waals surface area contributed by atoms with Gasteiger partial charge in [-0.3, -0.25) is 4.79 Å². The van der Waals surface area contributed by atoms with Crippen LogP contribution in [-0.4, -0.2) is 16.5 Å². The first kappa shape index (κ1) is 12.7. The number of carbonyl (C=O) groups is 1. The lowest BCUT2D eigenvalue weighted by molar-refractivity contribution is 0.0937. The molecule has 1 aromatic rings. The lowest BCUT2D eigenvalue weighted by atomic mass is 10.3. The van der Waals surface area contributed by atoms with Crippen molar-refractivity contribution in [2.45, 2.75) is 32.9 Å². The van der Waals surface area contributed by atoms with Crippen LogP contribution < -0.4 is 5.32 Å². The second-order valence-electron chi connectivity index (χ2n) is 3.91. The number of rotatable bonds is 3. The Labute approximate surface area is 101 Å². The van der Waals surface area contributed by atoms with Gasteiger partial charge in [-0.25, -0.2) is 0 Å². The Morgan fingerprint density at radius 3 is 2.69 bits per heavy atom. The van der Waals surface area contributed by atoms with Crippen LogP contribution in [0.4, 0.5) is 0 Å². The Balaban J connectivity index is 2.95. The molecule has 0 fully saturated rings. The molecule has 0 saturated heterocycles. The summed E-state index contributed by atoms with van der Waals surface area (Å²) in [6, 6.07) is 1.52. The second kappa shape index (κ2) is 5.09. The molecule has 1 unspecified atom stereocenters. The summed E-state index contributed by atoms with van der Waals surface area (Å²) < 4.78 is 1.82. The monoisotopic (exact) mass is 238 g/mol. The van der Waals surface area contributed by atoms with Gasteiger partial charge in [-0.05, 0) is 26.8 Å². The van der Waals surface area contributed by atoms with E-state index in [0.29, 0.717) is 10.7 Å². The van der Waals surface area contributed by atoms with Crippen molar-refractivity contribution in [3.05, 3.63) is 23.0 Å². The Morgan fingerprint density at radius 2 is 2.19 bits per heavy atom. The van der Waals surface area contributed by atoms with Gasteiger partial charge in [-0.15, -0.1) is 6.42 Å². The van der Waals surface area contributed by atoms with Crippen molar-refractivity contribution in [1.29, 1.82) is 0 Å². The molecule has 1 heterocycles. The third-order valence-corrected chi connectivity index (χ3v) is 2.41. The highest BCUT2D eigenvalue weighted by atomic mass is 35.5. The Kier molecular flexibility index (Phi) is 4.03. The highest BCUT2D eigenvalue weighted by molar-refractivity contribution is 6.31. The zero-order valence-corrected chi connectivity index (χ0v) is 10.4. The molecule has 0 spiro atoms. The van der Waals surface area contributed by atoms with Crippen LogP contribution in [0, 0.1) is 12.3 Å². The lowest BCUT2D eigenvalue weighted by Gasteiger charge is -2.13. The third-order valence-electron chi connectivity index (χ3n) is 2.20. The van der Waals surface area contributed by atoms with Crippen LogP contribution in [0.2, 0.25) is 5.02 Å². The number of amides is 1. The number of hydrogen-bond donors (Lipinski definition) is 1. The molecule has 0 saturated carbocycles. The molecular formula is C12H15ClN2O. The van der Waals surface area contributed by atoms with Crippen LogP contribution >= 0.6 is 11.6 Å². The topological polar surface area (TPSA) is 34.0 Å². The van der Waals surface area contributed by atoms with E-state index < -0.39 is 0 Å².